The highest BCUT2D eigenvalue weighted by Crippen LogP contribution is 2.18. The number of amides is 1. The molecule has 8 heteroatoms. The Kier molecular flexibility index (Phi) is 4.75. The van der Waals surface area contributed by atoms with E-state index in [4.69, 9.17) is 11.5 Å². The maximum Gasteiger partial charge on any atom is 0.323 e. The van der Waals surface area contributed by atoms with Crippen molar-refractivity contribution in [3.8, 4) is 12.3 Å². The van der Waals surface area contributed by atoms with E-state index < -0.39 is 40.4 Å². The van der Waals surface area contributed by atoms with Crippen molar-refractivity contribution in [1.29, 1.82) is 0 Å². The van der Waals surface area contributed by atoms with Crippen LogP contribution in [0.4, 0.5) is 10.1 Å². The first kappa shape index (κ1) is 15.1. The number of hydrogen-bond donors (Lipinski definition) is 1. The van der Waals surface area contributed by atoms with E-state index in [1.807, 2.05) is 0 Å². The van der Waals surface area contributed by atoms with Gasteiger partial charge >= 0.3 is 5.97 Å². The van der Waals surface area contributed by atoms with Crippen molar-refractivity contribution in [2.45, 2.75) is 0 Å². The van der Waals surface area contributed by atoms with Crippen LogP contribution in [0.5, 0.6) is 0 Å². The van der Waals surface area contributed by atoms with Crippen molar-refractivity contribution in [3.63, 3.8) is 0 Å². The molecule has 7 nitrogen and oxygen atoms in total. The SMILES string of the molecule is C#CCN(CC(=O)O)C(=O)c1cc([N+](=O)[O-])ccc1F. The van der Waals surface area contributed by atoms with E-state index in [0.29, 0.717) is 4.90 Å². The molecule has 1 aromatic rings. The van der Waals surface area contributed by atoms with E-state index in [0.717, 1.165) is 18.2 Å². The van der Waals surface area contributed by atoms with Crippen molar-refractivity contribution in [3.05, 3.63) is 39.7 Å². The smallest absolute Gasteiger partial charge is 0.323 e. The Balaban J connectivity index is 3.17. The van der Waals surface area contributed by atoms with Gasteiger partial charge in [-0.25, -0.2) is 4.39 Å². The zero-order chi connectivity index (χ0) is 15.3. The Morgan fingerprint density at radius 2 is 2.15 bits per heavy atom. The Bertz CT molecular complexity index is 608. The molecule has 104 valence electrons. The van der Waals surface area contributed by atoms with Gasteiger partial charge in [0, 0.05) is 12.1 Å². The lowest BCUT2D eigenvalue weighted by molar-refractivity contribution is -0.384. The molecule has 0 spiro atoms. The molecular formula is C12H9FN2O5. The number of halogens is 1. The number of carboxylic acids is 1. The summed E-state index contributed by atoms with van der Waals surface area (Å²) < 4.78 is 13.6. The van der Waals surface area contributed by atoms with Crippen molar-refractivity contribution in [1.82, 2.24) is 4.90 Å². The number of aliphatic carboxylic acids is 1. The standard InChI is InChI=1S/C12H9FN2O5/c1-2-5-14(7-11(16)17)12(18)9-6-8(15(19)20)3-4-10(9)13/h1,3-4,6H,5,7H2,(H,16,17). The molecule has 0 saturated carbocycles. The Labute approximate surface area is 112 Å². The molecule has 0 unspecified atom stereocenters. The topological polar surface area (TPSA) is 101 Å². The molecule has 0 bridgehead atoms. The Hall–Kier alpha value is -2.95. The fourth-order valence-corrected chi connectivity index (χ4v) is 1.43. The molecule has 0 fully saturated rings. The largest absolute Gasteiger partial charge is 0.480 e. The minimum atomic E-state index is -1.33. The molecular weight excluding hydrogens is 271 g/mol. The summed E-state index contributed by atoms with van der Waals surface area (Å²) in [7, 11) is 0. The second-order valence-corrected chi connectivity index (χ2v) is 3.68. The Morgan fingerprint density at radius 1 is 1.50 bits per heavy atom. The van der Waals surface area contributed by atoms with Gasteiger partial charge in [-0.05, 0) is 6.07 Å². The summed E-state index contributed by atoms with van der Waals surface area (Å²) in [6, 6.07) is 2.40. The van der Waals surface area contributed by atoms with E-state index in [9.17, 15) is 24.1 Å². The lowest BCUT2D eigenvalue weighted by Crippen LogP contribution is -2.36. The molecule has 1 aromatic carbocycles. The summed E-state index contributed by atoms with van der Waals surface area (Å²) in [4.78, 5) is 33.1. The lowest BCUT2D eigenvalue weighted by Gasteiger charge is -2.18. The summed E-state index contributed by atoms with van der Waals surface area (Å²) in [5, 5.41) is 19.2. The minimum absolute atomic E-state index is 0.354. The molecule has 0 heterocycles. The van der Waals surface area contributed by atoms with E-state index in [1.54, 1.807) is 0 Å². The molecule has 1 N–H and O–H groups in total. The second-order valence-electron chi connectivity index (χ2n) is 3.68. The van der Waals surface area contributed by atoms with Crippen LogP contribution in [0, 0.1) is 28.3 Å². The number of hydrogen-bond acceptors (Lipinski definition) is 4. The van der Waals surface area contributed by atoms with Gasteiger partial charge in [0.1, 0.15) is 12.4 Å². The third-order valence-corrected chi connectivity index (χ3v) is 2.29. The van der Waals surface area contributed by atoms with Gasteiger partial charge < -0.3 is 10.0 Å². The lowest BCUT2D eigenvalue weighted by atomic mass is 10.1. The van der Waals surface area contributed by atoms with Gasteiger partial charge in [0.15, 0.2) is 0 Å². The van der Waals surface area contributed by atoms with Crippen LogP contribution in [0.2, 0.25) is 0 Å². The van der Waals surface area contributed by atoms with Crippen LogP contribution in [-0.4, -0.2) is 39.9 Å². The maximum atomic E-state index is 13.6. The fraction of sp³-hybridized carbons (Fsp3) is 0.167. The van der Waals surface area contributed by atoms with Gasteiger partial charge in [-0.2, -0.15) is 0 Å². The maximum absolute atomic E-state index is 13.6. The number of rotatable bonds is 5. The first-order valence-corrected chi connectivity index (χ1v) is 5.25. The molecule has 1 amide bonds. The average molecular weight is 280 g/mol. The molecule has 0 aliphatic rings. The van der Waals surface area contributed by atoms with Gasteiger partial charge in [-0.15, -0.1) is 6.42 Å². The summed E-state index contributed by atoms with van der Waals surface area (Å²) >= 11 is 0. The van der Waals surface area contributed by atoms with E-state index in [2.05, 4.69) is 5.92 Å². The second kappa shape index (κ2) is 6.29. The zero-order valence-electron chi connectivity index (χ0n) is 10.1. The predicted molar refractivity (Wildman–Crippen MR) is 65.4 cm³/mol. The van der Waals surface area contributed by atoms with Crippen molar-refractivity contribution < 1.29 is 24.0 Å². The van der Waals surface area contributed by atoms with Gasteiger partial charge in [0.2, 0.25) is 0 Å². The Morgan fingerprint density at radius 3 is 2.65 bits per heavy atom. The van der Waals surface area contributed by atoms with Crippen LogP contribution in [-0.2, 0) is 4.79 Å². The summed E-state index contributed by atoms with van der Waals surface area (Å²) in [6.45, 7) is -1.08. The molecule has 0 radical (unpaired) electrons. The number of nitro groups is 1. The molecule has 20 heavy (non-hydrogen) atoms. The van der Waals surface area contributed by atoms with Gasteiger partial charge in [0.25, 0.3) is 11.6 Å². The van der Waals surface area contributed by atoms with Crippen LogP contribution < -0.4 is 0 Å². The number of carbonyl (C=O) groups excluding carboxylic acids is 1. The van der Waals surface area contributed by atoms with E-state index >= 15 is 0 Å². The number of nitrogens with zero attached hydrogens (tertiary/aromatic N) is 2. The molecule has 0 saturated heterocycles. The highest BCUT2D eigenvalue weighted by Gasteiger charge is 2.23. The number of carboxylic acid groups (broad SMARTS) is 1. The first-order chi connectivity index (χ1) is 9.36. The molecule has 0 aliphatic carbocycles. The van der Waals surface area contributed by atoms with Crippen LogP contribution >= 0.6 is 0 Å². The summed E-state index contributed by atoms with van der Waals surface area (Å²) in [6.07, 6.45) is 5.00. The predicted octanol–water partition coefficient (Wildman–Crippen LogP) is 0.894. The van der Waals surface area contributed by atoms with Crippen molar-refractivity contribution in [2.75, 3.05) is 13.1 Å². The third-order valence-electron chi connectivity index (χ3n) is 2.29. The number of terminal acetylenes is 1. The van der Waals surface area contributed by atoms with Crippen LogP contribution in [0.25, 0.3) is 0 Å². The fourth-order valence-electron chi connectivity index (χ4n) is 1.43. The molecule has 1 rings (SSSR count). The van der Waals surface area contributed by atoms with Gasteiger partial charge in [-0.1, -0.05) is 5.92 Å². The average Bonchev–Trinajstić information content (AvgIpc) is 2.37. The monoisotopic (exact) mass is 280 g/mol. The molecule has 0 aromatic heterocycles. The number of non-ortho nitro benzene ring substituents is 1. The van der Waals surface area contributed by atoms with Gasteiger partial charge in [0.05, 0.1) is 17.0 Å². The zero-order valence-corrected chi connectivity index (χ0v) is 10.1. The molecule has 0 atom stereocenters. The van der Waals surface area contributed by atoms with Gasteiger partial charge in [-0.3, -0.25) is 19.7 Å². The number of nitro benzene ring substituents is 1. The van der Waals surface area contributed by atoms with Crippen LogP contribution in [0.3, 0.4) is 0 Å². The van der Waals surface area contributed by atoms with Crippen molar-refractivity contribution in [2.24, 2.45) is 0 Å². The minimum Gasteiger partial charge on any atom is -0.480 e. The van der Waals surface area contributed by atoms with E-state index in [-0.39, 0.29) is 6.54 Å². The number of benzene rings is 1. The normalized spacial score (nSPS) is 9.60. The molecule has 0 aliphatic heterocycles. The van der Waals surface area contributed by atoms with Crippen LogP contribution in [0.15, 0.2) is 18.2 Å². The highest BCUT2D eigenvalue weighted by molar-refractivity contribution is 5.96. The summed E-state index contributed by atoms with van der Waals surface area (Å²) in [5.41, 5.74) is -1.08. The van der Waals surface area contributed by atoms with Crippen molar-refractivity contribution >= 4 is 17.6 Å². The third kappa shape index (κ3) is 3.52. The van der Waals surface area contributed by atoms with E-state index in [1.165, 1.54) is 0 Å². The summed E-state index contributed by atoms with van der Waals surface area (Å²) in [5.74, 6) is -1.28. The quantitative estimate of drug-likeness (QED) is 0.490. The highest BCUT2D eigenvalue weighted by atomic mass is 19.1. The number of carbonyl (C=O) groups is 2. The van der Waals surface area contributed by atoms with Crippen LogP contribution in [0.1, 0.15) is 10.4 Å². The first-order valence-electron chi connectivity index (χ1n) is 5.25.